The van der Waals surface area contributed by atoms with Gasteiger partial charge in [0.15, 0.2) is 0 Å². The molecule has 0 spiro atoms. The first kappa shape index (κ1) is 60.0. The van der Waals surface area contributed by atoms with Gasteiger partial charge in [-0.05, 0) is 12.8 Å². The lowest BCUT2D eigenvalue weighted by Crippen LogP contribution is -2.16. The summed E-state index contributed by atoms with van der Waals surface area (Å²) in [4.78, 5) is 21.8. The first-order valence-corrected chi connectivity index (χ1v) is 27.6. The third-order valence-electron chi connectivity index (χ3n) is 12.8. The Morgan fingerprint density at radius 1 is 0.271 bits per heavy atom. The summed E-state index contributed by atoms with van der Waals surface area (Å²) in [7, 11) is 1.72. The van der Waals surface area contributed by atoms with E-state index in [-0.39, 0.29) is 11.8 Å². The number of unbranched alkanes of at least 4 members (excludes halogenated alkanes) is 46. The first-order valence-electron chi connectivity index (χ1n) is 27.6. The molecule has 0 aliphatic rings. The summed E-state index contributed by atoms with van der Waals surface area (Å²) >= 11 is 0. The van der Waals surface area contributed by atoms with E-state index in [1.54, 1.807) is 7.05 Å². The smallest absolute Gasteiger partial charge is 0.219 e. The Morgan fingerprint density at radius 2 is 0.424 bits per heavy atom. The molecule has 354 valence electrons. The van der Waals surface area contributed by atoms with E-state index in [2.05, 4.69) is 19.2 Å². The summed E-state index contributed by atoms with van der Waals surface area (Å²) in [5.74, 6) is 0.0394. The number of carbonyl (C=O) groups excluding carboxylic acids is 2. The fraction of sp³-hybridized carbons (Fsp3) is 0.964. The topological polar surface area (TPSA) is 72.2 Å². The van der Waals surface area contributed by atoms with Gasteiger partial charge in [-0.25, -0.2) is 0 Å². The van der Waals surface area contributed by atoms with Crippen LogP contribution in [0.4, 0.5) is 0 Å². The van der Waals surface area contributed by atoms with Crippen molar-refractivity contribution in [1.82, 2.24) is 5.32 Å². The monoisotopic (exact) mass is 833 g/mol. The maximum Gasteiger partial charge on any atom is 0.219 e. The largest absolute Gasteiger partial charge is 0.370 e. The maximum absolute atomic E-state index is 11.1. The fourth-order valence-electron chi connectivity index (χ4n) is 8.63. The van der Waals surface area contributed by atoms with Crippen molar-refractivity contribution in [3.63, 3.8) is 0 Å². The average molecular weight is 834 g/mol. The summed E-state index contributed by atoms with van der Waals surface area (Å²) in [6.45, 7) is 4.59. The molecule has 0 aromatic carbocycles. The molecule has 0 bridgehead atoms. The summed E-state index contributed by atoms with van der Waals surface area (Å²) in [5, 5.41) is 2.69. The van der Waals surface area contributed by atoms with Gasteiger partial charge < -0.3 is 11.1 Å². The van der Waals surface area contributed by atoms with Crippen molar-refractivity contribution in [3.8, 4) is 0 Å². The summed E-state index contributed by atoms with van der Waals surface area (Å²) < 4.78 is 0. The molecule has 4 heteroatoms. The van der Waals surface area contributed by atoms with Crippen LogP contribution in [0.25, 0.3) is 0 Å². The second kappa shape index (κ2) is 56.9. The van der Waals surface area contributed by atoms with E-state index in [0.717, 1.165) is 12.8 Å². The number of carbonyl (C=O) groups is 2. The third kappa shape index (κ3) is 61.3. The van der Waals surface area contributed by atoms with Crippen LogP contribution in [-0.4, -0.2) is 18.9 Å². The fourth-order valence-corrected chi connectivity index (χ4v) is 8.63. The predicted molar refractivity (Wildman–Crippen MR) is 265 cm³/mol. The van der Waals surface area contributed by atoms with Gasteiger partial charge in [-0.2, -0.15) is 0 Å². The zero-order chi connectivity index (χ0) is 43.2. The number of amides is 2. The highest BCUT2D eigenvalue weighted by Crippen LogP contribution is 2.18. The zero-order valence-electron chi connectivity index (χ0n) is 41.2. The highest BCUT2D eigenvalue weighted by atomic mass is 16.1. The van der Waals surface area contributed by atoms with Crippen molar-refractivity contribution in [3.05, 3.63) is 0 Å². The molecular weight excluding hydrogens is 721 g/mol. The molecule has 2 amide bonds. The Hall–Kier alpha value is -1.06. The molecule has 0 saturated heterocycles. The highest BCUT2D eigenvalue weighted by Gasteiger charge is 2.00. The predicted octanol–water partition coefficient (Wildman–Crippen LogP) is 18.7. The van der Waals surface area contributed by atoms with Crippen LogP contribution in [0.3, 0.4) is 0 Å². The second-order valence-corrected chi connectivity index (χ2v) is 18.9. The summed E-state index contributed by atoms with van der Waals surface area (Å²) in [6, 6.07) is 0. The molecule has 4 nitrogen and oxygen atoms in total. The van der Waals surface area contributed by atoms with Crippen LogP contribution in [0, 0.1) is 0 Å². The van der Waals surface area contributed by atoms with Crippen LogP contribution in [0.1, 0.15) is 335 Å². The number of nitrogens with two attached hydrogens (primary N) is 1. The van der Waals surface area contributed by atoms with Crippen LogP contribution < -0.4 is 11.1 Å². The van der Waals surface area contributed by atoms with Crippen LogP contribution in [0.15, 0.2) is 0 Å². The molecular formula is C55H112N2O2. The van der Waals surface area contributed by atoms with Gasteiger partial charge in [-0.15, -0.1) is 0 Å². The van der Waals surface area contributed by atoms with Gasteiger partial charge in [0.25, 0.3) is 0 Å². The summed E-state index contributed by atoms with van der Waals surface area (Å²) in [6.07, 6.45) is 68.9. The standard InChI is InChI=1S/C28H57NO.C27H55NO/c1-3-4-5-6-7-8-9-10-11-12-13-14-15-16-17-18-19-20-21-22-23-24-25-26-27-28(30)29-2;1-2-3-4-5-6-7-8-9-10-11-12-13-14-15-16-17-18-19-20-21-22-23-24-25-26-27(28)29/h3-27H2,1-2H3,(H,29,30);2-26H2,1H3,(H2,28,29). The Bertz CT molecular complexity index is 770. The van der Waals surface area contributed by atoms with Crippen molar-refractivity contribution in [2.45, 2.75) is 335 Å². The number of hydrogen-bond acceptors (Lipinski definition) is 2. The summed E-state index contributed by atoms with van der Waals surface area (Å²) in [5.41, 5.74) is 5.15. The molecule has 0 aliphatic carbocycles. The Morgan fingerprint density at radius 3 is 0.576 bits per heavy atom. The van der Waals surface area contributed by atoms with E-state index in [1.165, 1.54) is 295 Å². The second-order valence-electron chi connectivity index (χ2n) is 18.9. The number of primary amides is 1. The Kier molecular flexibility index (Phi) is 57.9. The van der Waals surface area contributed by atoms with Crippen LogP contribution in [0.2, 0.25) is 0 Å². The molecule has 0 atom stereocenters. The van der Waals surface area contributed by atoms with Gasteiger partial charge in [0.05, 0.1) is 0 Å². The Labute approximate surface area is 373 Å². The van der Waals surface area contributed by atoms with Crippen LogP contribution >= 0.6 is 0 Å². The van der Waals surface area contributed by atoms with Crippen LogP contribution in [-0.2, 0) is 9.59 Å². The lowest BCUT2D eigenvalue weighted by molar-refractivity contribution is -0.120. The van der Waals surface area contributed by atoms with E-state index < -0.39 is 0 Å². The average Bonchev–Trinajstić information content (AvgIpc) is 3.24. The lowest BCUT2D eigenvalue weighted by atomic mass is 10.0. The van der Waals surface area contributed by atoms with Crippen molar-refractivity contribution in [1.29, 1.82) is 0 Å². The molecule has 3 N–H and O–H groups in total. The molecule has 0 heterocycles. The minimum absolute atomic E-state index is 0.149. The van der Waals surface area contributed by atoms with Gasteiger partial charge in [0.1, 0.15) is 0 Å². The van der Waals surface area contributed by atoms with Crippen LogP contribution in [0.5, 0.6) is 0 Å². The minimum Gasteiger partial charge on any atom is -0.370 e. The van der Waals surface area contributed by atoms with Crippen molar-refractivity contribution in [2.24, 2.45) is 5.73 Å². The molecule has 0 aromatic heterocycles. The van der Waals surface area contributed by atoms with Gasteiger partial charge >= 0.3 is 0 Å². The molecule has 0 aromatic rings. The van der Waals surface area contributed by atoms with Gasteiger partial charge in [0, 0.05) is 19.9 Å². The first-order chi connectivity index (χ1) is 29.1. The molecule has 0 fully saturated rings. The number of nitrogens with one attached hydrogen (secondary N) is 1. The van der Waals surface area contributed by atoms with E-state index >= 15 is 0 Å². The Balaban J connectivity index is 0. The minimum atomic E-state index is -0.149. The van der Waals surface area contributed by atoms with Gasteiger partial charge in [-0.1, -0.05) is 309 Å². The lowest BCUT2D eigenvalue weighted by Gasteiger charge is -2.04. The SMILES string of the molecule is CCCCCCCCCCCCCCCCCCCCCCCCCCC(=O)NC.CCCCCCCCCCCCCCCCCCCCCCCCCCC(N)=O. The number of hydrogen-bond donors (Lipinski definition) is 2. The normalized spacial score (nSPS) is 11.2. The molecule has 59 heavy (non-hydrogen) atoms. The van der Waals surface area contributed by atoms with E-state index in [0.29, 0.717) is 12.8 Å². The molecule has 0 saturated carbocycles. The maximum atomic E-state index is 11.1. The molecule has 0 unspecified atom stereocenters. The quantitative estimate of drug-likeness (QED) is 0.0599. The molecule has 0 aliphatic heterocycles. The zero-order valence-corrected chi connectivity index (χ0v) is 41.2. The van der Waals surface area contributed by atoms with E-state index in [4.69, 9.17) is 5.73 Å². The highest BCUT2D eigenvalue weighted by molar-refractivity contribution is 5.75. The van der Waals surface area contributed by atoms with Crippen molar-refractivity contribution >= 4 is 11.8 Å². The van der Waals surface area contributed by atoms with Crippen molar-refractivity contribution < 1.29 is 9.59 Å². The van der Waals surface area contributed by atoms with Gasteiger partial charge in [0.2, 0.25) is 11.8 Å². The molecule has 0 radical (unpaired) electrons. The third-order valence-corrected chi connectivity index (χ3v) is 12.8. The molecule has 0 rings (SSSR count). The number of rotatable bonds is 50. The van der Waals surface area contributed by atoms with Gasteiger partial charge in [-0.3, -0.25) is 9.59 Å². The van der Waals surface area contributed by atoms with E-state index in [1.807, 2.05) is 0 Å². The van der Waals surface area contributed by atoms with Crippen molar-refractivity contribution in [2.75, 3.05) is 7.05 Å². The van der Waals surface area contributed by atoms with E-state index in [9.17, 15) is 9.59 Å².